The molecule has 2 aromatic rings. The van der Waals surface area contributed by atoms with Crippen molar-refractivity contribution >= 4 is 46.8 Å². The molecule has 3 rings (SSSR count). The second-order valence-electron chi connectivity index (χ2n) is 7.84. The van der Waals surface area contributed by atoms with Gasteiger partial charge in [0.15, 0.2) is 0 Å². The van der Waals surface area contributed by atoms with Crippen LogP contribution in [0.5, 0.6) is 0 Å². The Hall–Kier alpha value is -1.69. The van der Waals surface area contributed by atoms with Crippen LogP contribution in [0.4, 0.5) is 0 Å². The maximum atomic E-state index is 13.2. The van der Waals surface area contributed by atoms with E-state index < -0.39 is 6.04 Å². The van der Waals surface area contributed by atoms with Crippen LogP contribution in [0.25, 0.3) is 0 Å². The minimum atomic E-state index is -0.627. The number of hydrogen-bond acceptors (Lipinski definition) is 3. The van der Waals surface area contributed by atoms with Crippen LogP contribution in [0.1, 0.15) is 44.6 Å². The van der Waals surface area contributed by atoms with Gasteiger partial charge in [-0.3, -0.25) is 9.59 Å². The maximum Gasteiger partial charge on any atom is 0.242 e. The van der Waals surface area contributed by atoms with Crippen LogP contribution >= 0.6 is 35.0 Å². The summed E-state index contributed by atoms with van der Waals surface area (Å²) in [5.74, 6) is -0.0306. The highest BCUT2D eigenvalue weighted by Crippen LogP contribution is 2.27. The summed E-state index contributed by atoms with van der Waals surface area (Å²) < 4.78 is 0. The SMILES string of the molecule is C[C@H](C(=O)NC1CCCCC1)N(Cc1c(Cl)cccc1Cl)C(=O)CSc1ccccc1. The van der Waals surface area contributed by atoms with Gasteiger partial charge < -0.3 is 10.2 Å². The zero-order chi connectivity index (χ0) is 22.2. The molecule has 0 heterocycles. The Morgan fingerprint density at radius 2 is 1.68 bits per heavy atom. The van der Waals surface area contributed by atoms with E-state index in [2.05, 4.69) is 5.32 Å². The third-order valence-corrected chi connectivity index (χ3v) is 7.32. The van der Waals surface area contributed by atoms with E-state index in [0.717, 1.165) is 30.6 Å². The Labute approximate surface area is 198 Å². The molecule has 1 saturated carbocycles. The van der Waals surface area contributed by atoms with Gasteiger partial charge in [-0.1, -0.05) is 66.7 Å². The van der Waals surface area contributed by atoms with Gasteiger partial charge in [0.05, 0.1) is 5.75 Å². The normalized spacial score (nSPS) is 15.3. The van der Waals surface area contributed by atoms with E-state index >= 15 is 0 Å². The number of nitrogens with zero attached hydrogens (tertiary/aromatic N) is 1. The third kappa shape index (κ3) is 6.90. The highest BCUT2D eigenvalue weighted by atomic mass is 35.5. The molecule has 31 heavy (non-hydrogen) atoms. The fourth-order valence-corrected chi connectivity index (χ4v) is 5.07. The minimum absolute atomic E-state index is 0.129. The molecular weight excluding hydrogens is 451 g/mol. The molecule has 1 fully saturated rings. The Morgan fingerprint density at radius 3 is 2.32 bits per heavy atom. The van der Waals surface area contributed by atoms with Crippen molar-refractivity contribution in [2.75, 3.05) is 5.75 Å². The quantitative estimate of drug-likeness (QED) is 0.476. The molecule has 1 aliphatic rings. The zero-order valence-corrected chi connectivity index (χ0v) is 20.0. The lowest BCUT2D eigenvalue weighted by molar-refractivity contribution is -0.139. The lowest BCUT2D eigenvalue weighted by Gasteiger charge is -2.31. The van der Waals surface area contributed by atoms with E-state index in [4.69, 9.17) is 23.2 Å². The molecule has 0 unspecified atom stereocenters. The first-order valence-electron chi connectivity index (χ1n) is 10.7. The number of carbonyl (C=O) groups is 2. The van der Waals surface area contributed by atoms with Gasteiger partial charge in [-0.15, -0.1) is 11.8 Å². The van der Waals surface area contributed by atoms with Gasteiger partial charge in [-0.05, 0) is 44.0 Å². The molecule has 1 N–H and O–H groups in total. The van der Waals surface area contributed by atoms with Crippen LogP contribution in [0.2, 0.25) is 10.0 Å². The Balaban J connectivity index is 1.75. The summed E-state index contributed by atoms with van der Waals surface area (Å²) >= 11 is 14.2. The van der Waals surface area contributed by atoms with E-state index in [9.17, 15) is 9.59 Å². The summed E-state index contributed by atoms with van der Waals surface area (Å²) in [6.45, 7) is 1.96. The third-order valence-electron chi connectivity index (χ3n) is 5.61. The number of halogens is 2. The molecule has 0 radical (unpaired) electrons. The first-order chi connectivity index (χ1) is 15.0. The number of rotatable bonds is 8. The molecule has 1 atom stereocenters. The van der Waals surface area contributed by atoms with E-state index in [-0.39, 0.29) is 30.2 Å². The smallest absolute Gasteiger partial charge is 0.242 e. The molecule has 7 heteroatoms. The second kappa shape index (κ2) is 11.8. The molecule has 0 aromatic heterocycles. The van der Waals surface area contributed by atoms with Crippen molar-refractivity contribution in [3.8, 4) is 0 Å². The summed E-state index contributed by atoms with van der Waals surface area (Å²) in [4.78, 5) is 28.8. The average molecular weight is 479 g/mol. The molecule has 2 amide bonds. The summed E-state index contributed by atoms with van der Waals surface area (Å²) in [5.41, 5.74) is 0.654. The number of hydrogen-bond donors (Lipinski definition) is 1. The molecule has 0 bridgehead atoms. The largest absolute Gasteiger partial charge is 0.352 e. The fourth-order valence-electron chi connectivity index (χ4n) is 3.75. The first kappa shape index (κ1) is 24.0. The summed E-state index contributed by atoms with van der Waals surface area (Å²) in [6.07, 6.45) is 5.46. The van der Waals surface area contributed by atoms with Gasteiger partial charge in [0.1, 0.15) is 6.04 Å². The maximum absolute atomic E-state index is 13.2. The highest BCUT2D eigenvalue weighted by molar-refractivity contribution is 8.00. The molecule has 4 nitrogen and oxygen atoms in total. The Morgan fingerprint density at radius 1 is 1.03 bits per heavy atom. The van der Waals surface area contributed by atoms with Gasteiger partial charge in [-0.2, -0.15) is 0 Å². The van der Waals surface area contributed by atoms with Crippen molar-refractivity contribution in [2.45, 2.75) is 62.6 Å². The van der Waals surface area contributed by atoms with Crippen molar-refractivity contribution in [1.82, 2.24) is 10.2 Å². The second-order valence-corrected chi connectivity index (χ2v) is 9.71. The predicted molar refractivity (Wildman–Crippen MR) is 129 cm³/mol. The number of thioether (sulfide) groups is 1. The topological polar surface area (TPSA) is 49.4 Å². The van der Waals surface area contributed by atoms with Gasteiger partial charge in [0.2, 0.25) is 11.8 Å². The van der Waals surface area contributed by atoms with Gasteiger partial charge in [0.25, 0.3) is 0 Å². The van der Waals surface area contributed by atoms with Crippen molar-refractivity contribution in [3.05, 3.63) is 64.1 Å². The summed E-state index contributed by atoms with van der Waals surface area (Å²) in [6, 6.07) is 14.6. The predicted octanol–water partition coefficient (Wildman–Crippen LogP) is 5.95. The highest BCUT2D eigenvalue weighted by Gasteiger charge is 2.29. The van der Waals surface area contributed by atoms with E-state index in [1.165, 1.54) is 18.2 Å². The van der Waals surface area contributed by atoms with E-state index in [0.29, 0.717) is 15.6 Å². The lowest BCUT2D eigenvalue weighted by Crippen LogP contribution is -2.50. The van der Waals surface area contributed by atoms with Crippen molar-refractivity contribution in [1.29, 1.82) is 0 Å². The standard InChI is InChI=1S/C24H28Cl2N2O2S/c1-17(24(30)27-18-9-4-2-5-10-18)28(15-20-21(25)13-8-14-22(20)26)23(29)16-31-19-11-6-3-7-12-19/h3,6-8,11-14,17-18H,2,4-5,9-10,15-16H2,1H3,(H,27,30)/t17-/m1/s1. The van der Waals surface area contributed by atoms with Gasteiger partial charge in [0, 0.05) is 33.1 Å². The van der Waals surface area contributed by atoms with Crippen molar-refractivity contribution in [2.24, 2.45) is 0 Å². The lowest BCUT2D eigenvalue weighted by atomic mass is 9.95. The van der Waals surface area contributed by atoms with E-state index in [1.54, 1.807) is 30.0 Å². The molecule has 0 aliphatic heterocycles. The number of carbonyl (C=O) groups excluding carboxylic acids is 2. The van der Waals surface area contributed by atoms with Crippen LogP contribution < -0.4 is 5.32 Å². The van der Waals surface area contributed by atoms with E-state index in [1.807, 2.05) is 30.3 Å². The summed E-state index contributed by atoms with van der Waals surface area (Å²) in [5, 5.41) is 4.11. The van der Waals surface area contributed by atoms with Crippen molar-refractivity contribution in [3.63, 3.8) is 0 Å². The molecule has 166 valence electrons. The number of amides is 2. The van der Waals surface area contributed by atoms with Crippen LogP contribution in [0.15, 0.2) is 53.4 Å². The van der Waals surface area contributed by atoms with Crippen LogP contribution in [0.3, 0.4) is 0 Å². The molecule has 2 aromatic carbocycles. The molecule has 1 aliphatic carbocycles. The van der Waals surface area contributed by atoms with Gasteiger partial charge >= 0.3 is 0 Å². The molecule has 0 saturated heterocycles. The van der Waals surface area contributed by atoms with Crippen LogP contribution in [-0.2, 0) is 16.1 Å². The number of benzene rings is 2. The summed E-state index contributed by atoms with van der Waals surface area (Å²) in [7, 11) is 0. The van der Waals surface area contributed by atoms with Gasteiger partial charge in [-0.25, -0.2) is 0 Å². The average Bonchev–Trinajstić information content (AvgIpc) is 2.78. The number of nitrogens with one attached hydrogen (secondary N) is 1. The molecular formula is C24H28Cl2N2O2S. The first-order valence-corrected chi connectivity index (χ1v) is 12.4. The van der Waals surface area contributed by atoms with Crippen LogP contribution in [-0.4, -0.2) is 34.6 Å². The fraction of sp³-hybridized carbons (Fsp3) is 0.417. The molecule has 0 spiro atoms. The Kier molecular flexibility index (Phi) is 9.12. The Bertz CT molecular complexity index is 868. The minimum Gasteiger partial charge on any atom is -0.352 e. The van der Waals surface area contributed by atoms with Crippen LogP contribution in [0, 0.1) is 0 Å². The zero-order valence-electron chi connectivity index (χ0n) is 17.7. The van der Waals surface area contributed by atoms with Crippen molar-refractivity contribution < 1.29 is 9.59 Å². The monoisotopic (exact) mass is 478 g/mol.